The molecule has 3 aliphatic heterocycles. The van der Waals surface area contributed by atoms with Gasteiger partial charge in [0.2, 0.25) is 11.8 Å². The number of ether oxygens (including phenoxy) is 3. The molecule has 3 fully saturated rings. The molecule has 2 saturated heterocycles. The Morgan fingerprint density at radius 2 is 1.60 bits per heavy atom. The summed E-state index contributed by atoms with van der Waals surface area (Å²) in [5.74, 6) is -0.513. The van der Waals surface area contributed by atoms with Gasteiger partial charge < -0.3 is 29.0 Å². The van der Waals surface area contributed by atoms with E-state index in [0.29, 0.717) is 54.9 Å². The molecule has 12 nitrogen and oxygen atoms in total. The van der Waals surface area contributed by atoms with Crippen molar-refractivity contribution >= 4 is 45.2 Å². The highest BCUT2D eigenvalue weighted by Gasteiger charge is 2.53. The molecule has 1 N–H and O–H groups in total. The zero-order chi connectivity index (χ0) is 39.1. The number of benzene rings is 2. The van der Waals surface area contributed by atoms with Crippen LogP contribution < -0.4 is 15.0 Å². The van der Waals surface area contributed by atoms with Gasteiger partial charge in [-0.05, 0) is 93.3 Å². The van der Waals surface area contributed by atoms with E-state index in [0.717, 1.165) is 91.9 Å². The second-order valence-corrected chi connectivity index (χ2v) is 16.1. The minimum Gasteiger partial charge on any atom is -0.478 e. The third kappa shape index (κ3) is 7.16. The van der Waals surface area contributed by atoms with Gasteiger partial charge in [0.15, 0.2) is 0 Å². The zero-order valence-electron chi connectivity index (χ0n) is 32.4. The molecule has 5 aromatic rings. The number of aromatic nitrogens is 3. The Kier molecular flexibility index (Phi) is 10.00. The molecule has 9 rings (SSSR count). The standard InChI is InChI=1S/C45H48N6O6/c1-29-7-13-39(42(52)48-29)51-43(53)35-12-10-32(22-36(35)44(51)54)50-27-45(28-50)23-33(24-45)56-19-5-3-17-55-18-4-6-20-57-41-14-9-31(25-47-41)30-8-11-34-37-26-46-16-15-38(37)49(2)40(34)21-30/h8-12,14-16,21-22,25-26,33,39H,1,3-7,13,17-20,23-24,27-28H2,2H3,(H,48,52). The Bertz CT molecular complexity index is 2360. The minimum absolute atomic E-state index is 0.261. The highest BCUT2D eigenvalue weighted by Crippen LogP contribution is 2.51. The number of imide groups is 1. The molecule has 1 aliphatic carbocycles. The van der Waals surface area contributed by atoms with Crippen molar-refractivity contribution in [3.8, 4) is 17.0 Å². The van der Waals surface area contributed by atoms with Crippen LogP contribution in [0.3, 0.4) is 0 Å². The van der Waals surface area contributed by atoms with Crippen LogP contribution in [-0.2, 0) is 21.3 Å². The van der Waals surface area contributed by atoms with E-state index in [1.54, 1.807) is 6.07 Å². The smallest absolute Gasteiger partial charge is 0.262 e. The van der Waals surface area contributed by atoms with Crippen molar-refractivity contribution in [1.82, 2.24) is 24.8 Å². The van der Waals surface area contributed by atoms with E-state index < -0.39 is 17.9 Å². The van der Waals surface area contributed by atoms with Gasteiger partial charge in [-0.15, -0.1) is 0 Å². The lowest BCUT2D eigenvalue weighted by atomic mass is 9.61. The summed E-state index contributed by atoms with van der Waals surface area (Å²) in [4.78, 5) is 51.1. The van der Waals surface area contributed by atoms with E-state index in [1.807, 2.05) is 42.9 Å². The SMILES string of the molecule is C=C1CCC(N2C(=O)c3ccc(N4CC5(CC(OCCCCOCCCCOc6ccc(-c7ccc8c9cnccc9n(C)c8c7)cn6)C5)C4)cc3C2=O)C(=O)N1. The van der Waals surface area contributed by atoms with Gasteiger partial charge in [0.05, 0.1) is 29.4 Å². The molecule has 294 valence electrons. The number of anilines is 1. The molecule has 4 aliphatic rings. The number of nitrogens with one attached hydrogen (secondary N) is 1. The summed E-state index contributed by atoms with van der Waals surface area (Å²) in [5, 5.41) is 5.04. The molecule has 0 radical (unpaired) electrons. The normalized spacial score (nSPS) is 19.0. The fourth-order valence-corrected chi connectivity index (χ4v) is 8.97. The Balaban J connectivity index is 0.618. The first-order chi connectivity index (χ1) is 27.8. The maximum Gasteiger partial charge on any atom is 0.262 e. The fourth-order valence-electron chi connectivity index (χ4n) is 8.97. The average Bonchev–Trinajstić information content (AvgIpc) is 3.61. The molecule has 1 atom stereocenters. The number of hydrogen-bond donors (Lipinski definition) is 1. The summed E-state index contributed by atoms with van der Waals surface area (Å²) in [5.41, 5.74) is 7.06. The van der Waals surface area contributed by atoms with Crippen molar-refractivity contribution in [3.05, 3.63) is 96.6 Å². The number of allylic oxidation sites excluding steroid dienone is 1. The number of amides is 3. The molecular weight excluding hydrogens is 721 g/mol. The molecule has 12 heteroatoms. The van der Waals surface area contributed by atoms with Gasteiger partial charge in [-0.25, -0.2) is 4.98 Å². The molecule has 3 aromatic heterocycles. The van der Waals surface area contributed by atoms with Crippen LogP contribution in [0.4, 0.5) is 5.69 Å². The largest absolute Gasteiger partial charge is 0.478 e. The molecule has 6 heterocycles. The van der Waals surface area contributed by atoms with E-state index >= 15 is 0 Å². The number of fused-ring (bicyclic) bond motifs is 4. The van der Waals surface area contributed by atoms with Crippen LogP contribution in [0.1, 0.15) is 72.1 Å². The van der Waals surface area contributed by atoms with Crippen LogP contribution in [0.5, 0.6) is 5.88 Å². The lowest BCUT2D eigenvalue weighted by molar-refractivity contribution is -0.125. The van der Waals surface area contributed by atoms with Crippen LogP contribution >= 0.6 is 0 Å². The number of nitrogens with zero attached hydrogens (tertiary/aromatic N) is 5. The Hall–Kier alpha value is -5.59. The van der Waals surface area contributed by atoms with Crippen LogP contribution in [0.2, 0.25) is 0 Å². The van der Waals surface area contributed by atoms with E-state index in [9.17, 15) is 14.4 Å². The minimum atomic E-state index is -0.799. The van der Waals surface area contributed by atoms with Gasteiger partial charge in [-0.1, -0.05) is 18.7 Å². The summed E-state index contributed by atoms with van der Waals surface area (Å²) in [6, 6.07) is 17.2. The van der Waals surface area contributed by atoms with Gasteiger partial charge >= 0.3 is 0 Å². The van der Waals surface area contributed by atoms with Crippen molar-refractivity contribution in [2.24, 2.45) is 12.5 Å². The Labute approximate surface area is 331 Å². The van der Waals surface area contributed by atoms with Gasteiger partial charge in [0.1, 0.15) is 6.04 Å². The number of piperidine rings is 1. The van der Waals surface area contributed by atoms with Crippen LogP contribution in [0.15, 0.2) is 85.5 Å². The number of carbonyl (C=O) groups is 3. The number of unbranched alkanes of at least 4 members (excludes halogenated alkanes) is 2. The van der Waals surface area contributed by atoms with Crippen molar-refractivity contribution in [2.75, 3.05) is 44.4 Å². The quantitative estimate of drug-likeness (QED) is 0.0902. The molecular formula is C45H48N6O6. The van der Waals surface area contributed by atoms with Crippen LogP contribution in [-0.4, -0.2) is 88.8 Å². The first-order valence-electron chi connectivity index (χ1n) is 20.1. The van der Waals surface area contributed by atoms with Gasteiger partial charge in [-0.3, -0.25) is 24.3 Å². The molecule has 2 aromatic carbocycles. The highest BCUT2D eigenvalue weighted by molar-refractivity contribution is 6.23. The lowest BCUT2D eigenvalue weighted by Crippen LogP contribution is -2.64. The second-order valence-electron chi connectivity index (χ2n) is 16.1. The van der Waals surface area contributed by atoms with E-state index in [1.165, 1.54) is 16.4 Å². The summed E-state index contributed by atoms with van der Waals surface area (Å²) in [7, 11) is 2.09. The molecule has 57 heavy (non-hydrogen) atoms. The maximum absolute atomic E-state index is 13.3. The molecule has 1 saturated carbocycles. The van der Waals surface area contributed by atoms with Crippen molar-refractivity contribution in [2.45, 2.75) is 63.5 Å². The van der Waals surface area contributed by atoms with Crippen LogP contribution in [0.25, 0.3) is 32.9 Å². The number of hydrogen-bond acceptors (Lipinski definition) is 9. The van der Waals surface area contributed by atoms with E-state index in [-0.39, 0.29) is 11.3 Å². The van der Waals surface area contributed by atoms with Gasteiger partial charge in [0, 0.05) is 103 Å². The van der Waals surface area contributed by atoms with Crippen molar-refractivity contribution in [1.29, 1.82) is 0 Å². The number of rotatable bonds is 15. The topological polar surface area (TPSA) is 128 Å². The fraction of sp³-hybridized carbons (Fsp3) is 0.400. The monoisotopic (exact) mass is 768 g/mol. The first kappa shape index (κ1) is 37.0. The summed E-state index contributed by atoms with van der Waals surface area (Å²) >= 11 is 0. The Morgan fingerprint density at radius 1 is 0.825 bits per heavy atom. The molecule has 3 amide bonds. The summed E-state index contributed by atoms with van der Waals surface area (Å²) in [6.07, 6.45) is 12.7. The maximum atomic E-state index is 13.3. The summed E-state index contributed by atoms with van der Waals surface area (Å²) in [6.45, 7) is 8.41. The van der Waals surface area contributed by atoms with Crippen LogP contribution in [0, 0.1) is 5.41 Å². The van der Waals surface area contributed by atoms with Crippen molar-refractivity contribution < 1.29 is 28.6 Å². The van der Waals surface area contributed by atoms with Gasteiger partial charge in [-0.2, -0.15) is 0 Å². The zero-order valence-corrected chi connectivity index (χ0v) is 32.4. The highest BCUT2D eigenvalue weighted by atomic mass is 16.5. The predicted octanol–water partition coefficient (Wildman–Crippen LogP) is 6.82. The van der Waals surface area contributed by atoms with E-state index in [4.69, 9.17) is 14.2 Å². The summed E-state index contributed by atoms with van der Waals surface area (Å²) < 4.78 is 20.1. The molecule has 1 unspecified atom stereocenters. The third-order valence-corrected chi connectivity index (χ3v) is 12.1. The Morgan fingerprint density at radius 3 is 2.39 bits per heavy atom. The average molecular weight is 769 g/mol. The van der Waals surface area contributed by atoms with E-state index in [2.05, 4.69) is 62.6 Å². The predicted molar refractivity (Wildman–Crippen MR) is 217 cm³/mol. The molecule has 0 bridgehead atoms. The number of aryl methyl sites for hydroxylation is 1. The van der Waals surface area contributed by atoms with Gasteiger partial charge in [0.25, 0.3) is 11.8 Å². The third-order valence-electron chi connectivity index (χ3n) is 12.1. The number of pyridine rings is 2. The molecule has 1 spiro atoms. The second kappa shape index (κ2) is 15.4. The lowest BCUT2D eigenvalue weighted by Gasteiger charge is -2.59. The first-order valence-corrected chi connectivity index (χ1v) is 20.1. The van der Waals surface area contributed by atoms with Crippen molar-refractivity contribution in [3.63, 3.8) is 0 Å². The number of carbonyl (C=O) groups excluding carboxylic acids is 3.